The van der Waals surface area contributed by atoms with Gasteiger partial charge in [-0.05, 0) is 37.6 Å². The third-order valence-electron chi connectivity index (χ3n) is 4.25. The van der Waals surface area contributed by atoms with E-state index in [4.69, 9.17) is 9.26 Å². The minimum atomic E-state index is -0.569. The lowest BCUT2D eigenvalue weighted by Gasteiger charge is -2.22. The summed E-state index contributed by atoms with van der Waals surface area (Å²) < 4.78 is 12.1. The maximum absolute atomic E-state index is 12.8. The lowest BCUT2D eigenvalue weighted by molar-refractivity contribution is -0.138. The molecule has 0 spiro atoms. The van der Waals surface area contributed by atoms with Crippen molar-refractivity contribution in [3.8, 4) is 17.1 Å². The van der Waals surface area contributed by atoms with Gasteiger partial charge in [0.15, 0.2) is 6.10 Å². The van der Waals surface area contributed by atoms with Gasteiger partial charge in [0.2, 0.25) is 11.7 Å². The molecular formula is C21H22BrN3O3. The first-order valence-corrected chi connectivity index (χ1v) is 9.82. The van der Waals surface area contributed by atoms with Gasteiger partial charge in [-0.2, -0.15) is 4.98 Å². The Bertz CT molecular complexity index is 940. The number of nitrogens with zero attached hydrogens (tertiary/aromatic N) is 3. The van der Waals surface area contributed by atoms with Crippen LogP contribution in [0.15, 0.2) is 57.5 Å². The number of hydrogen-bond donors (Lipinski definition) is 0. The average Bonchev–Trinajstić information content (AvgIpc) is 3.15. The van der Waals surface area contributed by atoms with Crippen LogP contribution >= 0.6 is 15.9 Å². The smallest absolute Gasteiger partial charge is 0.263 e. The Morgan fingerprint density at radius 3 is 2.68 bits per heavy atom. The summed E-state index contributed by atoms with van der Waals surface area (Å²) in [5.41, 5.74) is 1.98. The van der Waals surface area contributed by atoms with Gasteiger partial charge in [-0.15, -0.1) is 0 Å². The lowest BCUT2D eigenvalue weighted by atomic mass is 10.2. The van der Waals surface area contributed by atoms with E-state index in [1.54, 1.807) is 11.9 Å². The van der Waals surface area contributed by atoms with Crippen LogP contribution in [-0.4, -0.2) is 34.1 Å². The van der Waals surface area contributed by atoms with Crippen LogP contribution in [0.2, 0.25) is 0 Å². The van der Waals surface area contributed by atoms with Gasteiger partial charge in [-0.3, -0.25) is 4.79 Å². The Balaban J connectivity index is 1.65. The molecule has 1 aromatic heterocycles. The summed E-state index contributed by atoms with van der Waals surface area (Å²) >= 11 is 3.43. The van der Waals surface area contributed by atoms with Gasteiger partial charge < -0.3 is 14.2 Å². The minimum Gasteiger partial charge on any atom is -0.481 e. The molecule has 1 heterocycles. The topological polar surface area (TPSA) is 68.5 Å². The quantitative estimate of drug-likeness (QED) is 0.532. The van der Waals surface area contributed by atoms with Crippen molar-refractivity contribution in [1.29, 1.82) is 0 Å². The summed E-state index contributed by atoms with van der Waals surface area (Å²) in [5.74, 6) is 1.40. The highest BCUT2D eigenvalue weighted by Crippen LogP contribution is 2.21. The standard InChI is InChI=1S/C21H22BrN3O3/c1-4-18(27-17-10-8-14(2)9-11-17)21(26)25(3)13-19-23-20(24-28-19)15-6-5-7-16(22)12-15/h5-12,18H,4,13H2,1-3H3/t18-/m0/s1. The van der Waals surface area contributed by atoms with E-state index in [1.807, 2.05) is 62.4 Å². The molecule has 0 aliphatic heterocycles. The Labute approximate surface area is 172 Å². The first kappa shape index (κ1) is 20.1. The minimum absolute atomic E-state index is 0.134. The van der Waals surface area contributed by atoms with Crippen molar-refractivity contribution >= 4 is 21.8 Å². The average molecular weight is 444 g/mol. The second kappa shape index (κ2) is 9.01. The Hall–Kier alpha value is -2.67. The molecule has 3 aromatic rings. The third kappa shape index (κ3) is 4.98. The number of benzene rings is 2. The first-order valence-electron chi connectivity index (χ1n) is 9.03. The van der Waals surface area contributed by atoms with Crippen molar-refractivity contribution in [1.82, 2.24) is 15.0 Å². The molecule has 0 saturated heterocycles. The number of aromatic nitrogens is 2. The first-order chi connectivity index (χ1) is 13.5. The molecule has 7 heteroatoms. The SMILES string of the molecule is CC[C@H](Oc1ccc(C)cc1)C(=O)N(C)Cc1nc(-c2cccc(Br)c2)no1. The molecule has 0 aliphatic carbocycles. The van der Waals surface area contributed by atoms with E-state index < -0.39 is 6.10 Å². The van der Waals surface area contributed by atoms with Gasteiger partial charge in [0, 0.05) is 17.1 Å². The van der Waals surface area contributed by atoms with Crippen LogP contribution in [-0.2, 0) is 11.3 Å². The number of aryl methyl sites for hydroxylation is 1. The molecule has 6 nitrogen and oxygen atoms in total. The molecular weight excluding hydrogens is 422 g/mol. The van der Waals surface area contributed by atoms with Crippen LogP contribution in [0.1, 0.15) is 24.8 Å². The largest absolute Gasteiger partial charge is 0.481 e. The number of amides is 1. The molecule has 0 aliphatic rings. The zero-order chi connectivity index (χ0) is 20.1. The second-order valence-electron chi connectivity index (χ2n) is 6.54. The van der Waals surface area contributed by atoms with Crippen LogP contribution in [0, 0.1) is 6.92 Å². The van der Waals surface area contributed by atoms with E-state index in [0.717, 1.165) is 15.6 Å². The van der Waals surface area contributed by atoms with E-state index >= 15 is 0 Å². The number of likely N-dealkylation sites (N-methyl/N-ethyl adjacent to an activating group) is 1. The monoisotopic (exact) mass is 443 g/mol. The van der Waals surface area contributed by atoms with Crippen molar-refractivity contribution < 1.29 is 14.1 Å². The van der Waals surface area contributed by atoms with E-state index in [1.165, 1.54) is 0 Å². The fourth-order valence-electron chi connectivity index (χ4n) is 2.68. The number of carbonyl (C=O) groups excluding carboxylic acids is 1. The van der Waals surface area contributed by atoms with Crippen molar-refractivity contribution in [2.75, 3.05) is 7.05 Å². The number of carbonyl (C=O) groups is 1. The van der Waals surface area contributed by atoms with E-state index in [0.29, 0.717) is 23.9 Å². The molecule has 0 N–H and O–H groups in total. The molecule has 1 amide bonds. The summed E-state index contributed by atoms with van der Waals surface area (Å²) in [4.78, 5) is 18.7. The van der Waals surface area contributed by atoms with Crippen molar-refractivity contribution in [2.45, 2.75) is 32.9 Å². The zero-order valence-electron chi connectivity index (χ0n) is 16.1. The molecule has 0 bridgehead atoms. The van der Waals surface area contributed by atoms with E-state index in [9.17, 15) is 4.79 Å². The summed E-state index contributed by atoms with van der Waals surface area (Å²) in [7, 11) is 1.70. The van der Waals surface area contributed by atoms with E-state index in [-0.39, 0.29) is 12.5 Å². The molecule has 1 atom stereocenters. The molecule has 3 rings (SSSR count). The van der Waals surface area contributed by atoms with Gasteiger partial charge in [0.25, 0.3) is 5.91 Å². The predicted octanol–water partition coefficient (Wildman–Crippen LogP) is 4.62. The molecule has 0 radical (unpaired) electrons. The number of rotatable bonds is 7. The van der Waals surface area contributed by atoms with Gasteiger partial charge in [-0.1, -0.05) is 57.8 Å². The molecule has 0 unspecified atom stereocenters. The fraction of sp³-hybridized carbons (Fsp3) is 0.286. The Morgan fingerprint density at radius 2 is 2.00 bits per heavy atom. The molecule has 146 valence electrons. The number of halogens is 1. The van der Waals surface area contributed by atoms with Crippen molar-refractivity contribution in [3.05, 3.63) is 64.5 Å². The predicted molar refractivity (Wildman–Crippen MR) is 110 cm³/mol. The van der Waals surface area contributed by atoms with Crippen LogP contribution in [0.3, 0.4) is 0 Å². The van der Waals surface area contributed by atoms with Crippen molar-refractivity contribution in [2.24, 2.45) is 0 Å². The van der Waals surface area contributed by atoms with Crippen LogP contribution in [0.25, 0.3) is 11.4 Å². The second-order valence-corrected chi connectivity index (χ2v) is 7.46. The summed E-state index contributed by atoms with van der Waals surface area (Å²) in [6.07, 6.45) is -0.00958. The number of hydrogen-bond acceptors (Lipinski definition) is 5. The lowest BCUT2D eigenvalue weighted by Crippen LogP contribution is -2.39. The highest BCUT2D eigenvalue weighted by atomic mass is 79.9. The molecule has 2 aromatic carbocycles. The maximum atomic E-state index is 12.8. The normalized spacial score (nSPS) is 11.9. The van der Waals surface area contributed by atoms with Crippen LogP contribution in [0.5, 0.6) is 5.75 Å². The van der Waals surface area contributed by atoms with Gasteiger partial charge in [0.1, 0.15) is 5.75 Å². The van der Waals surface area contributed by atoms with Crippen molar-refractivity contribution in [3.63, 3.8) is 0 Å². The molecule has 28 heavy (non-hydrogen) atoms. The van der Waals surface area contributed by atoms with Gasteiger partial charge in [0.05, 0.1) is 6.54 Å². The summed E-state index contributed by atoms with van der Waals surface area (Å²) in [6.45, 7) is 4.14. The Kier molecular flexibility index (Phi) is 6.46. The van der Waals surface area contributed by atoms with Gasteiger partial charge in [-0.25, -0.2) is 0 Å². The summed E-state index contributed by atoms with van der Waals surface area (Å²) in [6, 6.07) is 15.3. The fourth-order valence-corrected chi connectivity index (χ4v) is 3.08. The van der Waals surface area contributed by atoms with Crippen LogP contribution < -0.4 is 4.74 Å². The Morgan fingerprint density at radius 1 is 1.25 bits per heavy atom. The molecule has 0 fully saturated rings. The third-order valence-corrected chi connectivity index (χ3v) is 4.74. The zero-order valence-corrected chi connectivity index (χ0v) is 17.6. The van der Waals surface area contributed by atoms with E-state index in [2.05, 4.69) is 26.1 Å². The highest BCUT2D eigenvalue weighted by Gasteiger charge is 2.24. The molecule has 0 saturated carbocycles. The van der Waals surface area contributed by atoms with Crippen LogP contribution in [0.4, 0.5) is 0 Å². The maximum Gasteiger partial charge on any atom is 0.263 e. The highest BCUT2D eigenvalue weighted by molar-refractivity contribution is 9.10. The summed E-state index contributed by atoms with van der Waals surface area (Å²) in [5, 5.41) is 4.00. The van der Waals surface area contributed by atoms with Gasteiger partial charge >= 0.3 is 0 Å². The number of ether oxygens (including phenoxy) is 1.